The maximum atomic E-state index is 13.1. The molecule has 2 atom stereocenters. The van der Waals surface area contributed by atoms with E-state index in [0.717, 1.165) is 11.1 Å². The number of benzene rings is 2. The van der Waals surface area contributed by atoms with Crippen molar-refractivity contribution in [3.8, 4) is 0 Å². The second-order valence-electron chi connectivity index (χ2n) is 6.72. The van der Waals surface area contributed by atoms with E-state index in [-0.39, 0.29) is 25.6 Å². The van der Waals surface area contributed by atoms with E-state index in [0.29, 0.717) is 12.8 Å². The first-order valence-electron chi connectivity index (χ1n) is 9.74. The molecule has 0 aliphatic heterocycles. The highest BCUT2D eigenvalue weighted by molar-refractivity contribution is 7.94. The van der Waals surface area contributed by atoms with Gasteiger partial charge >= 0.3 is 7.60 Å². The molecule has 0 amide bonds. The second kappa shape index (κ2) is 11.0. The molecule has 0 bridgehead atoms. The largest absolute Gasteiger partial charge is 0.351 e. The Bertz CT molecular complexity index is 876. The van der Waals surface area contributed by atoms with Gasteiger partial charge in [0, 0.05) is 0 Å². The minimum Gasteiger partial charge on any atom is -0.308 e. The molecule has 0 saturated carbocycles. The molecule has 8 heteroatoms. The normalized spacial score (nSPS) is 14.4. The number of rotatable bonds is 12. The molecule has 2 unspecified atom stereocenters. The van der Waals surface area contributed by atoms with Gasteiger partial charge in [-0.15, -0.1) is 0 Å². The first kappa shape index (κ1) is 23.8. The zero-order chi connectivity index (χ0) is 21.3. The summed E-state index contributed by atoms with van der Waals surface area (Å²) in [5, 5.41) is 0. The molecule has 0 aliphatic carbocycles. The van der Waals surface area contributed by atoms with E-state index in [4.69, 9.17) is 9.05 Å². The Balaban J connectivity index is 2.29. The van der Waals surface area contributed by atoms with Crippen molar-refractivity contribution >= 4 is 17.7 Å². The summed E-state index contributed by atoms with van der Waals surface area (Å²) in [7, 11) is -8.65. The lowest BCUT2D eigenvalue weighted by atomic mass is 9.88. The Hall–Kier alpha value is -1.50. The maximum Gasteiger partial charge on any atom is 0.351 e. The maximum absolute atomic E-state index is 13.1. The lowest BCUT2D eigenvalue weighted by molar-refractivity contribution is 0.215. The van der Waals surface area contributed by atoms with Gasteiger partial charge in [-0.05, 0) is 50.2 Å². The van der Waals surface area contributed by atoms with Gasteiger partial charge in [0.25, 0.3) is 10.1 Å². The second-order valence-corrected chi connectivity index (χ2v) is 10.9. The third-order valence-electron chi connectivity index (χ3n) is 4.67. The zero-order valence-electron chi connectivity index (χ0n) is 16.8. The van der Waals surface area contributed by atoms with E-state index in [9.17, 15) is 17.5 Å². The van der Waals surface area contributed by atoms with Crippen molar-refractivity contribution in [2.75, 3.05) is 13.2 Å². The third-order valence-corrected chi connectivity index (χ3v) is 9.37. The predicted molar refractivity (Wildman–Crippen MR) is 115 cm³/mol. The van der Waals surface area contributed by atoms with Crippen LogP contribution in [0.5, 0.6) is 0 Å². The molecule has 0 radical (unpaired) electrons. The molecule has 0 heterocycles. The van der Waals surface area contributed by atoms with Crippen molar-refractivity contribution in [1.82, 2.24) is 0 Å². The van der Waals surface area contributed by atoms with Crippen LogP contribution in [0.25, 0.3) is 0 Å². The Morgan fingerprint density at radius 1 is 0.897 bits per heavy atom. The highest BCUT2D eigenvalue weighted by atomic mass is 32.2. The summed E-state index contributed by atoms with van der Waals surface area (Å²) in [6.07, 6.45) is 1.05. The summed E-state index contributed by atoms with van der Waals surface area (Å²) in [6.45, 7) is 3.26. The van der Waals surface area contributed by atoms with Crippen molar-refractivity contribution in [3.05, 3.63) is 71.8 Å². The SMILES string of the molecule is CCOP(=O)(OCC)C(CCC(Cc1ccccc1)c1ccccc1)S(=O)(=O)O. The molecule has 160 valence electrons. The smallest absolute Gasteiger partial charge is 0.308 e. The van der Waals surface area contributed by atoms with Gasteiger partial charge in [0.15, 0.2) is 4.99 Å². The zero-order valence-corrected chi connectivity index (χ0v) is 18.5. The van der Waals surface area contributed by atoms with Crippen LogP contribution in [0.4, 0.5) is 0 Å². The van der Waals surface area contributed by atoms with Gasteiger partial charge in [-0.1, -0.05) is 60.7 Å². The Morgan fingerprint density at radius 2 is 1.41 bits per heavy atom. The molecule has 29 heavy (non-hydrogen) atoms. The number of hydrogen-bond donors (Lipinski definition) is 1. The quantitative estimate of drug-likeness (QED) is 0.357. The van der Waals surface area contributed by atoms with Crippen LogP contribution in [0.2, 0.25) is 0 Å². The number of hydrogen-bond acceptors (Lipinski definition) is 5. The third kappa shape index (κ3) is 7.05. The molecule has 6 nitrogen and oxygen atoms in total. The topological polar surface area (TPSA) is 89.9 Å². The monoisotopic (exact) mass is 440 g/mol. The standard InChI is InChI=1S/C21H29O6PS/c1-3-26-28(22,27-4-2)21(29(23,24)25)16-15-20(19-13-9-6-10-14-19)17-18-11-7-5-8-12-18/h5-14,20-21H,3-4,15-17H2,1-2H3,(H,23,24,25). The van der Waals surface area contributed by atoms with E-state index in [1.807, 2.05) is 60.7 Å². The lowest BCUT2D eigenvalue weighted by Gasteiger charge is -2.26. The van der Waals surface area contributed by atoms with Crippen molar-refractivity contribution in [2.45, 2.75) is 44.0 Å². The lowest BCUT2D eigenvalue weighted by Crippen LogP contribution is -2.24. The molecule has 0 fully saturated rings. The van der Waals surface area contributed by atoms with Crippen LogP contribution < -0.4 is 0 Å². The minimum atomic E-state index is -4.63. The van der Waals surface area contributed by atoms with Crippen molar-refractivity contribution in [3.63, 3.8) is 0 Å². The molecular weight excluding hydrogens is 411 g/mol. The fourth-order valence-electron chi connectivity index (χ4n) is 3.39. The van der Waals surface area contributed by atoms with E-state index < -0.39 is 22.7 Å². The van der Waals surface area contributed by atoms with Gasteiger partial charge in [0.05, 0.1) is 13.2 Å². The van der Waals surface area contributed by atoms with E-state index in [2.05, 4.69) is 0 Å². The highest BCUT2D eigenvalue weighted by Crippen LogP contribution is 2.56. The van der Waals surface area contributed by atoms with Crippen LogP contribution in [0.1, 0.15) is 43.7 Å². The minimum absolute atomic E-state index is 0.0143. The van der Waals surface area contributed by atoms with Crippen LogP contribution >= 0.6 is 7.60 Å². The van der Waals surface area contributed by atoms with Gasteiger partial charge in [-0.3, -0.25) is 9.12 Å². The molecule has 0 aliphatic rings. The molecule has 2 aromatic rings. The summed E-state index contributed by atoms with van der Waals surface area (Å²) in [5.74, 6) is -0.0143. The molecule has 0 spiro atoms. The highest BCUT2D eigenvalue weighted by Gasteiger charge is 2.44. The molecular formula is C21H29O6PS. The summed E-state index contributed by atoms with van der Waals surface area (Å²) in [5.41, 5.74) is 2.16. The van der Waals surface area contributed by atoms with Gasteiger partial charge in [0.1, 0.15) is 0 Å². The van der Waals surface area contributed by atoms with Gasteiger partial charge in [0.2, 0.25) is 0 Å². The van der Waals surface area contributed by atoms with Gasteiger partial charge in [-0.2, -0.15) is 8.42 Å². The molecule has 0 aromatic heterocycles. The van der Waals surface area contributed by atoms with Gasteiger partial charge < -0.3 is 9.05 Å². The van der Waals surface area contributed by atoms with Crippen LogP contribution in [0.3, 0.4) is 0 Å². The molecule has 2 rings (SSSR count). The predicted octanol–water partition coefficient (Wildman–Crippen LogP) is 5.27. The molecule has 1 N–H and O–H groups in total. The fourth-order valence-corrected chi connectivity index (χ4v) is 7.08. The summed E-state index contributed by atoms with van der Waals surface area (Å²) < 4.78 is 57.4. The Labute approximate surface area is 173 Å². The molecule has 0 saturated heterocycles. The first-order valence-corrected chi connectivity index (χ1v) is 12.9. The first-order chi connectivity index (χ1) is 13.8. The van der Waals surface area contributed by atoms with Crippen LogP contribution in [0.15, 0.2) is 60.7 Å². The molecule has 2 aromatic carbocycles. The van der Waals surface area contributed by atoms with E-state index in [1.54, 1.807) is 13.8 Å². The van der Waals surface area contributed by atoms with Crippen molar-refractivity contribution < 1.29 is 26.6 Å². The van der Waals surface area contributed by atoms with Crippen LogP contribution in [0, 0.1) is 0 Å². The van der Waals surface area contributed by atoms with E-state index in [1.165, 1.54) is 0 Å². The summed E-state index contributed by atoms with van der Waals surface area (Å²) in [4.78, 5) is -1.61. The van der Waals surface area contributed by atoms with Crippen molar-refractivity contribution in [1.29, 1.82) is 0 Å². The van der Waals surface area contributed by atoms with E-state index >= 15 is 0 Å². The Kier molecular flexibility index (Phi) is 9.05. The van der Waals surface area contributed by atoms with Crippen molar-refractivity contribution in [2.24, 2.45) is 0 Å². The summed E-state index contributed by atoms with van der Waals surface area (Å²) >= 11 is 0. The van der Waals surface area contributed by atoms with Crippen LogP contribution in [-0.4, -0.2) is 31.2 Å². The average Bonchev–Trinajstić information content (AvgIpc) is 2.68. The van der Waals surface area contributed by atoms with Gasteiger partial charge in [-0.25, -0.2) is 0 Å². The Morgan fingerprint density at radius 3 is 1.90 bits per heavy atom. The van der Waals surface area contributed by atoms with Crippen LogP contribution in [-0.2, 0) is 30.2 Å². The fraction of sp³-hybridized carbons (Fsp3) is 0.429. The average molecular weight is 440 g/mol. The summed E-state index contributed by atoms with van der Waals surface area (Å²) in [6, 6.07) is 19.6.